The third kappa shape index (κ3) is 3.96. The first-order valence-electron chi connectivity index (χ1n) is 5.37. The number of aliphatic carboxylic acids is 1. The molecule has 0 spiro atoms. The van der Waals surface area contributed by atoms with Crippen molar-refractivity contribution < 1.29 is 19.7 Å². The Bertz CT molecular complexity index is 403. The molecule has 0 bridgehead atoms. The Kier molecular flexibility index (Phi) is 4.34. The number of phenols is 1. The average molecular weight is 239 g/mol. The minimum absolute atomic E-state index is 0.00575. The molecular weight excluding hydrogens is 222 g/mol. The maximum Gasteiger partial charge on any atom is 0.320 e. The van der Waals surface area contributed by atoms with Crippen LogP contribution in [0.5, 0.6) is 11.5 Å². The molecule has 4 N–H and O–H groups in total. The monoisotopic (exact) mass is 239 g/mol. The topological polar surface area (TPSA) is 92.8 Å². The van der Waals surface area contributed by atoms with Crippen LogP contribution in [0.25, 0.3) is 0 Å². The number of carbonyl (C=O) groups is 1. The average Bonchev–Trinajstić information content (AvgIpc) is 2.21. The molecule has 5 heteroatoms. The van der Waals surface area contributed by atoms with Gasteiger partial charge in [0.15, 0.2) is 11.5 Å². The number of carboxylic acid groups (broad SMARTS) is 1. The predicted octanol–water partition coefficient (Wildman–Crippen LogP) is 1.13. The molecule has 0 radical (unpaired) electrons. The summed E-state index contributed by atoms with van der Waals surface area (Å²) in [6.07, 6.45) is 0.137. The first-order valence-corrected chi connectivity index (χ1v) is 5.37. The van der Waals surface area contributed by atoms with Crippen molar-refractivity contribution >= 4 is 5.97 Å². The molecule has 0 saturated carbocycles. The van der Waals surface area contributed by atoms with E-state index in [2.05, 4.69) is 0 Å². The normalized spacial score (nSPS) is 12.5. The third-order valence-corrected chi connectivity index (χ3v) is 2.16. The fraction of sp³-hybridized carbons (Fsp3) is 0.417. The smallest absolute Gasteiger partial charge is 0.320 e. The highest BCUT2D eigenvalue weighted by Crippen LogP contribution is 2.28. The minimum atomic E-state index is -1.06. The van der Waals surface area contributed by atoms with Crippen LogP contribution in [0.15, 0.2) is 18.2 Å². The molecule has 0 aliphatic heterocycles. The van der Waals surface area contributed by atoms with Crippen molar-refractivity contribution in [2.75, 3.05) is 0 Å². The molecule has 1 rings (SSSR count). The van der Waals surface area contributed by atoms with Gasteiger partial charge in [-0.3, -0.25) is 4.79 Å². The second kappa shape index (κ2) is 5.54. The van der Waals surface area contributed by atoms with Crippen LogP contribution in [0.4, 0.5) is 0 Å². The highest BCUT2D eigenvalue weighted by Gasteiger charge is 2.13. The van der Waals surface area contributed by atoms with E-state index in [9.17, 15) is 9.90 Å². The van der Waals surface area contributed by atoms with E-state index in [1.54, 1.807) is 12.1 Å². The highest BCUT2D eigenvalue weighted by molar-refractivity contribution is 5.73. The van der Waals surface area contributed by atoms with Gasteiger partial charge in [0.25, 0.3) is 0 Å². The van der Waals surface area contributed by atoms with E-state index in [0.717, 1.165) is 0 Å². The Morgan fingerprint density at radius 3 is 2.59 bits per heavy atom. The summed E-state index contributed by atoms with van der Waals surface area (Å²) in [7, 11) is 0. The maximum atomic E-state index is 10.6. The lowest BCUT2D eigenvalue weighted by molar-refractivity contribution is -0.138. The lowest BCUT2D eigenvalue weighted by atomic mass is 10.1. The lowest BCUT2D eigenvalue weighted by Gasteiger charge is -2.13. The maximum absolute atomic E-state index is 10.6. The van der Waals surface area contributed by atoms with Crippen LogP contribution >= 0.6 is 0 Å². The van der Waals surface area contributed by atoms with Gasteiger partial charge < -0.3 is 20.7 Å². The molecule has 0 fully saturated rings. The highest BCUT2D eigenvalue weighted by atomic mass is 16.5. The summed E-state index contributed by atoms with van der Waals surface area (Å²) in [6, 6.07) is 3.81. The van der Waals surface area contributed by atoms with Crippen molar-refractivity contribution in [1.82, 2.24) is 0 Å². The molecule has 0 aliphatic rings. The standard InChI is InChI=1S/C12H17NO4/c1-7(2)17-11-4-3-8(6-10(11)14)5-9(13)12(15)16/h3-4,6-7,9,14H,5,13H2,1-2H3,(H,15,16). The molecule has 1 aromatic rings. The molecule has 0 heterocycles. The van der Waals surface area contributed by atoms with E-state index in [0.29, 0.717) is 11.3 Å². The van der Waals surface area contributed by atoms with Crippen LogP contribution in [0.1, 0.15) is 19.4 Å². The second-order valence-corrected chi connectivity index (χ2v) is 4.12. The zero-order valence-electron chi connectivity index (χ0n) is 9.88. The number of nitrogens with two attached hydrogens (primary N) is 1. The summed E-state index contributed by atoms with van der Waals surface area (Å²) < 4.78 is 5.35. The summed E-state index contributed by atoms with van der Waals surface area (Å²) in [5, 5.41) is 18.4. The Hall–Kier alpha value is -1.75. The van der Waals surface area contributed by atoms with Gasteiger partial charge >= 0.3 is 5.97 Å². The van der Waals surface area contributed by atoms with Crippen LogP contribution in [-0.2, 0) is 11.2 Å². The van der Waals surface area contributed by atoms with E-state index in [4.69, 9.17) is 15.6 Å². The van der Waals surface area contributed by atoms with Gasteiger partial charge in [0.1, 0.15) is 6.04 Å². The molecule has 5 nitrogen and oxygen atoms in total. The van der Waals surface area contributed by atoms with Crippen molar-refractivity contribution in [3.8, 4) is 11.5 Å². The molecular formula is C12H17NO4. The molecule has 17 heavy (non-hydrogen) atoms. The molecule has 1 unspecified atom stereocenters. The summed E-state index contributed by atoms with van der Waals surface area (Å²) in [6.45, 7) is 3.71. The second-order valence-electron chi connectivity index (χ2n) is 4.12. The molecule has 1 aromatic carbocycles. The van der Waals surface area contributed by atoms with Crippen LogP contribution in [0.3, 0.4) is 0 Å². The van der Waals surface area contributed by atoms with E-state index in [1.165, 1.54) is 6.07 Å². The van der Waals surface area contributed by atoms with Crippen molar-refractivity contribution in [2.24, 2.45) is 5.73 Å². The molecule has 94 valence electrons. The first-order chi connectivity index (χ1) is 7.90. The zero-order chi connectivity index (χ0) is 13.0. The zero-order valence-corrected chi connectivity index (χ0v) is 9.88. The Morgan fingerprint density at radius 2 is 2.12 bits per heavy atom. The van der Waals surface area contributed by atoms with Gasteiger partial charge in [0.2, 0.25) is 0 Å². The Balaban J connectivity index is 2.78. The fourth-order valence-corrected chi connectivity index (χ4v) is 1.38. The number of hydrogen-bond acceptors (Lipinski definition) is 4. The van der Waals surface area contributed by atoms with Crippen LogP contribution in [0, 0.1) is 0 Å². The lowest BCUT2D eigenvalue weighted by Crippen LogP contribution is -2.32. The summed E-state index contributed by atoms with van der Waals surface area (Å²) in [5.74, 6) is -0.687. The molecule has 0 saturated heterocycles. The minimum Gasteiger partial charge on any atom is -0.504 e. The molecule has 0 amide bonds. The van der Waals surface area contributed by atoms with Crippen LogP contribution in [-0.4, -0.2) is 28.3 Å². The molecule has 0 aliphatic carbocycles. The molecule has 1 atom stereocenters. The van der Waals surface area contributed by atoms with Gasteiger partial charge in [-0.2, -0.15) is 0 Å². The van der Waals surface area contributed by atoms with E-state index in [-0.39, 0.29) is 18.3 Å². The number of benzene rings is 1. The van der Waals surface area contributed by atoms with E-state index >= 15 is 0 Å². The third-order valence-electron chi connectivity index (χ3n) is 2.16. The van der Waals surface area contributed by atoms with Crippen molar-refractivity contribution in [2.45, 2.75) is 32.4 Å². The van der Waals surface area contributed by atoms with Gasteiger partial charge in [0, 0.05) is 0 Å². The first kappa shape index (κ1) is 13.3. The summed E-state index contributed by atoms with van der Waals surface area (Å²) in [5.41, 5.74) is 6.07. The van der Waals surface area contributed by atoms with Gasteiger partial charge in [-0.05, 0) is 38.0 Å². The quantitative estimate of drug-likeness (QED) is 0.716. The van der Waals surface area contributed by atoms with Gasteiger partial charge in [-0.25, -0.2) is 0 Å². The fourth-order valence-electron chi connectivity index (χ4n) is 1.38. The van der Waals surface area contributed by atoms with Crippen molar-refractivity contribution in [1.29, 1.82) is 0 Å². The number of phenolic OH excluding ortho intramolecular Hbond substituents is 1. The predicted molar refractivity (Wildman–Crippen MR) is 63.2 cm³/mol. The summed E-state index contributed by atoms with van der Waals surface area (Å²) in [4.78, 5) is 10.6. The number of rotatable bonds is 5. The number of ether oxygens (including phenoxy) is 1. The van der Waals surface area contributed by atoms with E-state index in [1.807, 2.05) is 13.8 Å². The number of hydrogen-bond donors (Lipinski definition) is 3. The van der Waals surface area contributed by atoms with Gasteiger partial charge in [0.05, 0.1) is 6.10 Å². The number of aromatic hydroxyl groups is 1. The van der Waals surface area contributed by atoms with E-state index < -0.39 is 12.0 Å². The SMILES string of the molecule is CC(C)Oc1ccc(CC(N)C(=O)O)cc1O. The molecule has 0 aromatic heterocycles. The number of carboxylic acids is 1. The van der Waals surface area contributed by atoms with Crippen molar-refractivity contribution in [3.05, 3.63) is 23.8 Å². The summed E-state index contributed by atoms with van der Waals surface area (Å²) >= 11 is 0. The van der Waals surface area contributed by atoms with Crippen molar-refractivity contribution in [3.63, 3.8) is 0 Å². The Labute approximate surface area is 99.8 Å². The largest absolute Gasteiger partial charge is 0.504 e. The van der Waals surface area contributed by atoms with Gasteiger partial charge in [-0.1, -0.05) is 6.07 Å². The Morgan fingerprint density at radius 1 is 1.47 bits per heavy atom. The van der Waals surface area contributed by atoms with Crippen LogP contribution in [0.2, 0.25) is 0 Å². The van der Waals surface area contributed by atoms with Gasteiger partial charge in [-0.15, -0.1) is 0 Å². The van der Waals surface area contributed by atoms with Crippen LogP contribution < -0.4 is 10.5 Å².